The molecule has 0 aliphatic carbocycles. The topological polar surface area (TPSA) is 525 Å². The van der Waals surface area contributed by atoms with Gasteiger partial charge in [0.1, 0.15) is 43.6 Å². The molecule has 31 nitrogen and oxygen atoms in total. The monoisotopic (exact) mass is 1830 g/mol. The number of carbonyl (C=O) groups excluding carboxylic acids is 9. The molecule has 2 fully saturated rings. The van der Waals surface area contributed by atoms with E-state index in [2.05, 4.69) is 153 Å². The molecular formula is C93H169N7O24S2. The normalized spacial score (nSPS) is 15.6. The highest BCUT2D eigenvalue weighted by atomic mass is 32.2. The first-order chi connectivity index (χ1) is 57.6. The Morgan fingerprint density at radius 2 is 0.714 bits per heavy atom. The van der Waals surface area contributed by atoms with E-state index in [0.717, 1.165) is 81.6 Å². The molecule has 33 heteroatoms. The third-order valence-corrected chi connectivity index (χ3v) is 19.3. The first-order valence-electron chi connectivity index (χ1n) is 44.6. The smallest absolute Gasteiger partial charge is 0.338 e. The van der Waals surface area contributed by atoms with E-state index in [4.69, 9.17) is 30.2 Å². The van der Waals surface area contributed by atoms with Crippen LogP contribution < -0.4 is 38.5 Å². The third-order valence-electron chi connectivity index (χ3n) is 17.6. The van der Waals surface area contributed by atoms with E-state index in [1.165, 1.54) is 31.2 Å². The van der Waals surface area contributed by atoms with E-state index in [1.54, 1.807) is 52.0 Å². The Kier molecular flexibility index (Phi) is 67.5. The zero-order valence-corrected chi connectivity index (χ0v) is 83.8. The number of carbonyl (C=O) groups is 11. The van der Waals surface area contributed by atoms with E-state index in [-0.39, 0.29) is 107 Å². The summed E-state index contributed by atoms with van der Waals surface area (Å²) in [5, 5.41) is 29.0. The summed E-state index contributed by atoms with van der Waals surface area (Å²) in [7, 11) is -8.54. The molecule has 2 aliphatic rings. The lowest BCUT2D eigenvalue weighted by Crippen LogP contribution is -2.67. The highest BCUT2D eigenvalue weighted by molar-refractivity contribution is 7.86. The Labute approximate surface area is 756 Å². The van der Waals surface area contributed by atoms with E-state index < -0.39 is 85.6 Å². The van der Waals surface area contributed by atoms with Crippen LogP contribution in [0, 0.1) is 90.8 Å². The van der Waals surface area contributed by atoms with Gasteiger partial charge in [0.2, 0.25) is 11.8 Å². The van der Waals surface area contributed by atoms with Crippen molar-refractivity contribution in [2.24, 2.45) is 82.7 Å². The summed E-state index contributed by atoms with van der Waals surface area (Å²) in [5.41, 5.74) is 13.7. The van der Waals surface area contributed by atoms with Crippen molar-refractivity contribution in [3.05, 3.63) is 59.7 Å². The summed E-state index contributed by atoms with van der Waals surface area (Å²) in [6.45, 7) is 63.4. The fraction of sp³-hybridized carbons (Fsp3) is 0.753. The number of aryl methyl sites for hydroxylation is 2. The van der Waals surface area contributed by atoms with E-state index in [0.29, 0.717) is 79.7 Å². The number of carboxylic acid groups (broad SMARTS) is 2. The lowest BCUT2D eigenvalue weighted by Gasteiger charge is -2.23. The molecule has 2 aromatic rings. The van der Waals surface area contributed by atoms with Gasteiger partial charge in [0, 0.05) is 57.3 Å². The molecule has 732 valence electrons. The quantitative estimate of drug-likeness (QED) is 0.0129. The van der Waals surface area contributed by atoms with Gasteiger partial charge in [0.05, 0.1) is 35.2 Å². The van der Waals surface area contributed by atoms with Crippen LogP contribution in [-0.2, 0) is 96.7 Å². The maximum atomic E-state index is 12.3. The van der Waals surface area contributed by atoms with Gasteiger partial charge in [-0.3, -0.25) is 43.2 Å². The number of ether oxygens (including phenoxy) is 5. The number of nitrogens with two attached hydrogens (primary N) is 1. The number of hydrogen-bond donors (Lipinski definition) is 9. The molecule has 0 radical (unpaired) electrons. The number of esters is 3. The summed E-state index contributed by atoms with van der Waals surface area (Å²) < 4.78 is 86.9. The Bertz CT molecular complexity index is 3560. The second kappa shape index (κ2) is 66.9. The Balaban J connectivity index is -0.000000443. The van der Waals surface area contributed by atoms with E-state index in [1.807, 2.05) is 62.3 Å². The first kappa shape index (κ1) is 127. The molecular weight excluding hydrogens is 1660 g/mol. The summed E-state index contributed by atoms with van der Waals surface area (Å²) >= 11 is 0. The SMILES string of the molecule is CC(=O)[C@H]1O[C@@H]1C(=O)C[C@@H](CC(C)C)C(=O)NCCC(C)C.CC(C)CCN.CC(C)CCNC(=O)[C@@H](CC(=O)OC(C)(C)C)CC(C)C.CC(C)CCNC(=O)[C@@H]([NH3+])CC(C)C.CC(C)CCNC(=O)[C@@H]([NH3+])CC(C)C.CC(C)C[C@H](CC(=O)OC(C)(C)C)C(=O)O.CCOC(=O)[C@H]1O[C@@H]1C(=O)O.Cc1ccc(S(=O)(=O)[O-])cc1.Cc1ccc(S(=O)(=O)[O-])cc1. The predicted octanol–water partition coefficient (Wildman–Crippen LogP) is 11.9. The lowest BCUT2D eigenvalue weighted by molar-refractivity contribution is -0.407. The second-order valence-electron chi connectivity index (χ2n) is 38.3. The molecule has 0 bridgehead atoms. The van der Waals surface area contributed by atoms with Crippen molar-refractivity contribution < 1.29 is 124 Å². The number of rotatable bonds is 42. The minimum absolute atomic E-state index is 0.0322. The maximum Gasteiger partial charge on any atom is 0.338 e. The Morgan fingerprint density at radius 1 is 0.429 bits per heavy atom. The van der Waals surface area contributed by atoms with Crippen molar-refractivity contribution in [1.82, 2.24) is 21.3 Å². The molecule has 4 rings (SSSR count). The van der Waals surface area contributed by atoms with Crippen LogP contribution in [0.15, 0.2) is 58.3 Å². The van der Waals surface area contributed by atoms with Crippen LogP contribution in [0.3, 0.4) is 0 Å². The molecule has 4 amide bonds. The molecule has 2 aliphatic heterocycles. The van der Waals surface area contributed by atoms with Gasteiger partial charge in [-0.2, -0.15) is 0 Å². The summed E-state index contributed by atoms with van der Waals surface area (Å²) in [5.74, 6) is 0.329. The average Bonchev–Trinajstić information content (AvgIpc) is 1.65. The maximum absolute atomic E-state index is 12.3. The number of aliphatic carboxylic acids is 2. The number of hydrogen-bond acceptors (Lipinski definition) is 23. The van der Waals surface area contributed by atoms with Crippen LogP contribution in [0.4, 0.5) is 0 Å². The van der Waals surface area contributed by atoms with Gasteiger partial charge in [0.25, 0.3) is 11.8 Å². The highest BCUT2D eigenvalue weighted by Crippen LogP contribution is 2.29. The standard InChI is InChI=1S/C17H29NO4.C17H33NO3.C12H22O4.2C11H24N2O.2C7H8O3S.C6H8O5.C5H13N/c1-10(2)6-7-18-17(21)13(8-11(3)4)9-14(20)16-15(22-16)12(5)19;1-12(2)8-9-18-16(20)14(10-13(3)4)11-15(19)21-17(5,6)7;1-8(2)6-9(11(14)15)7-10(13)16-12(3,4)5;2*1-8(2)5-6-13-11(14)10(12)7-9(3)4;2*1-6-2-4-7(5-3-6)11(8,9)10;1-2-10-6(9)4-3(11-4)5(7)8;1-5(2)3-4-6/h10-11,13,15-16H,6-9H2,1-5H3,(H,18,21);12-14H,8-11H2,1-7H3,(H,18,20);8-9H,6-7H2,1-5H3,(H,14,15);2*8-10H,5-7,12H2,1-4H3,(H,13,14);2*2-5H,1H3,(H,8,9,10);3-4H,2H2,1H3,(H,7,8);5H,3-4,6H2,1-2H3/t13-,15-,16-;14-;9-;2*10-;;;3-,4-;/m11100..0./s1. The fourth-order valence-corrected chi connectivity index (χ4v) is 12.0. The number of nitrogens with one attached hydrogen (secondary N) is 4. The summed E-state index contributed by atoms with van der Waals surface area (Å²) in [6, 6.07) is 11.4. The molecule has 2 saturated heterocycles. The van der Waals surface area contributed by atoms with Gasteiger partial charge in [0.15, 0.2) is 35.9 Å². The molecule has 2 aromatic carbocycles. The summed E-state index contributed by atoms with van der Waals surface area (Å²) in [4.78, 5) is 126. The molecule has 0 aromatic heterocycles. The predicted molar refractivity (Wildman–Crippen MR) is 488 cm³/mol. The number of quaternary nitrogens is 2. The number of ketones is 2. The fourth-order valence-electron chi connectivity index (χ4n) is 11.1. The van der Waals surface area contributed by atoms with Crippen LogP contribution in [0.5, 0.6) is 0 Å². The average molecular weight is 1830 g/mol. The molecule has 126 heavy (non-hydrogen) atoms. The zero-order chi connectivity index (χ0) is 99.1. The molecule has 9 atom stereocenters. The van der Waals surface area contributed by atoms with Gasteiger partial charge in [-0.1, -0.05) is 174 Å². The number of amides is 4. The van der Waals surface area contributed by atoms with Gasteiger partial charge >= 0.3 is 29.8 Å². The minimum atomic E-state index is -4.27. The van der Waals surface area contributed by atoms with Crippen LogP contribution in [0.25, 0.3) is 0 Å². The van der Waals surface area contributed by atoms with Crippen LogP contribution >= 0.6 is 0 Å². The first-order valence-corrected chi connectivity index (χ1v) is 47.4. The highest BCUT2D eigenvalue weighted by Gasteiger charge is 2.52. The lowest BCUT2D eigenvalue weighted by atomic mass is 9.90. The molecule has 0 unspecified atom stereocenters. The third kappa shape index (κ3) is 74.5. The van der Waals surface area contributed by atoms with Crippen molar-refractivity contribution in [2.45, 2.75) is 349 Å². The van der Waals surface area contributed by atoms with Gasteiger partial charge < -0.3 is 81.5 Å². The number of carboxylic acids is 2. The molecule has 0 saturated carbocycles. The molecule has 2 heterocycles. The molecule has 14 N–H and O–H groups in total. The number of epoxide rings is 2. The minimum Gasteiger partial charge on any atom is -0.744 e. The Hall–Kier alpha value is -7.37. The molecule has 0 spiro atoms. The van der Waals surface area contributed by atoms with Crippen molar-refractivity contribution in [3.8, 4) is 0 Å². The van der Waals surface area contributed by atoms with Gasteiger partial charge in [-0.05, 0) is 211 Å². The van der Waals surface area contributed by atoms with Crippen LogP contribution in [-0.4, -0.2) is 188 Å². The van der Waals surface area contributed by atoms with Crippen molar-refractivity contribution >= 4 is 85.3 Å². The largest absolute Gasteiger partial charge is 0.744 e. The van der Waals surface area contributed by atoms with Gasteiger partial charge in [-0.15, -0.1) is 0 Å². The summed E-state index contributed by atoms with van der Waals surface area (Å²) in [6.07, 6.45) is 5.87. The number of benzene rings is 2. The number of Topliss-reactive ketones (excluding diaryl/α,β-unsaturated/α-hetero) is 2. The van der Waals surface area contributed by atoms with Gasteiger partial charge in [-0.25, -0.2) is 26.4 Å². The van der Waals surface area contributed by atoms with Crippen LogP contribution in [0.2, 0.25) is 0 Å². The van der Waals surface area contributed by atoms with Crippen molar-refractivity contribution in [2.75, 3.05) is 39.3 Å². The zero-order valence-electron chi connectivity index (χ0n) is 82.2. The van der Waals surface area contributed by atoms with E-state index >= 15 is 0 Å². The van der Waals surface area contributed by atoms with Crippen molar-refractivity contribution in [1.29, 1.82) is 0 Å². The Morgan fingerprint density at radius 3 is 0.944 bits per heavy atom. The van der Waals surface area contributed by atoms with Crippen LogP contribution in [0.1, 0.15) is 288 Å². The van der Waals surface area contributed by atoms with E-state index in [9.17, 15) is 78.7 Å². The van der Waals surface area contributed by atoms with Crippen molar-refractivity contribution in [3.63, 3.8) is 0 Å². The second-order valence-corrected chi connectivity index (χ2v) is 41.0.